The van der Waals surface area contributed by atoms with Crippen molar-refractivity contribution in [3.63, 3.8) is 0 Å². The first-order chi connectivity index (χ1) is 38.5. The number of aromatic amines is 1. The standard InChI is InChI=1S/C60H95N11O11S/c1-20-34(7)44(66-46(72)41(64-56(80)82-57(10,11)12)30-37-31-61-39-26-23-22-25-38(37)39)48(74)62-36(9)51-70-59(15,16)54(83-51)67-45(35(8)21-2)49(75)65-43(33(5)6)50(76)69-58(13,14)53(78)63-40(29-32(3)4)47(73)68-60(17,18)55(79)71-28-24-27-42(71)52(77)81-19/h22-23,25-26,31-36,40-45,61H,20-21,24,27-30H2,1-19H3,(H,62,74)(H,63,78)(H,64,80)(H,65,75)(H,66,72)(H,68,73)(H,69,76)/t34-,35-,36-,40-,41-,42-,43-,44-,45-/m0/s1. The Kier molecular flexibility index (Phi) is 24.0. The fraction of sp³-hybridized carbons (Fsp3) is 0.683. The second-order valence-electron chi connectivity index (χ2n) is 25.5. The summed E-state index contributed by atoms with van der Waals surface area (Å²) < 4.78 is 10.4. The number of methoxy groups -OCH3 is 1. The van der Waals surface area contributed by atoms with E-state index in [1.807, 2.05) is 79.7 Å². The van der Waals surface area contributed by atoms with Gasteiger partial charge < -0.3 is 56.6 Å². The first-order valence-corrected chi connectivity index (χ1v) is 29.9. The third kappa shape index (κ3) is 18.7. The van der Waals surface area contributed by atoms with Crippen molar-refractivity contribution in [1.82, 2.24) is 47.1 Å². The Morgan fingerprint density at radius 1 is 0.759 bits per heavy atom. The van der Waals surface area contributed by atoms with Crippen molar-refractivity contribution < 1.29 is 52.6 Å². The number of esters is 1. The van der Waals surface area contributed by atoms with Gasteiger partial charge in [0.25, 0.3) is 0 Å². The number of aliphatic imine (C=N–C) groups is 2. The van der Waals surface area contributed by atoms with E-state index in [9.17, 15) is 43.2 Å². The number of nitrogens with zero attached hydrogens (tertiary/aromatic N) is 3. The van der Waals surface area contributed by atoms with Gasteiger partial charge >= 0.3 is 12.1 Å². The zero-order chi connectivity index (χ0) is 62.7. The van der Waals surface area contributed by atoms with E-state index in [4.69, 9.17) is 19.5 Å². The molecule has 8 N–H and O–H groups in total. The van der Waals surface area contributed by atoms with Crippen molar-refractivity contribution in [2.24, 2.45) is 33.7 Å². The minimum Gasteiger partial charge on any atom is -0.467 e. The van der Waals surface area contributed by atoms with E-state index in [1.54, 1.807) is 47.7 Å². The number of carbonyl (C=O) groups is 9. The average molecular weight is 1180 g/mol. The Labute approximate surface area is 494 Å². The second kappa shape index (κ2) is 28.8. The van der Waals surface area contributed by atoms with Crippen LogP contribution in [-0.4, -0.2) is 152 Å². The van der Waals surface area contributed by atoms with Crippen LogP contribution in [-0.2, 0) is 54.3 Å². The van der Waals surface area contributed by atoms with E-state index in [1.165, 1.54) is 51.5 Å². The number of hydrogen-bond acceptors (Lipinski definition) is 14. The molecule has 2 aliphatic rings. The smallest absolute Gasteiger partial charge is 0.408 e. The number of H-pyrrole nitrogens is 1. The number of fused-ring (bicyclic) bond motifs is 1. The highest BCUT2D eigenvalue weighted by Crippen LogP contribution is 2.34. The van der Waals surface area contributed by atoms with E-state index in [2.05, 4.69) is 42.2 Å². The van der Waals surface area contributed by atoms with Gasteiger partial charge in [-0.1, -0.05) is 98.2 Å². The number of amides is 8. The maximum atomic E-state index is 14.5. The fourth-order valence-corrected chi connectivity index (χ4v) is 10.9. The van der Waals surface area contributed by atoms with Gasteiger partial charge in [-0.2, -0.15) is 0 Å². The first kappa shape index (κ1) is 69.0. The third-order valence-corrected chi connectivity index (χ3v) is 16.4. The molecule has 3 heterocycles. The summed E-state index contributed by atoms with van der Waals surface area (Å²) in [5.74, 6) is -5.68. The summed E-state index contributed by atoms with van der Waals surface area (Å²) in [5.41, 5.74) is -3.16. The van der Waals surface area contributed by atoms with E-state index in [0.29, 0.717) is 42.3 Å². The van der Waals surface area contributed by atoms with Crippen LogP contribution in [0, 0.1) is 23.7 Å². The lowest BCUT2D eigenvalue weighted by molar-refractivity contribution is -0.153. The molecular formula is C60H95N11O11S. The van der Waals surface area contributed by atoms with E-state index in [0.717, 1.165) is 16.5 Å². The van der Waals surface area contributed by atoms with E-state index in [-0.39, 0.29) is 30.6 Å². The SMILES string of the molecule is CC[C@H](C)[C@H](N=C1SC([C@H](C)NC(=O)[C@@H](NC(=O)[C@H](Cc2c[nH]c3ccccc23)NC(=O)OC(C)(C)C)[C@@H](C)CC)=NC1(C)C)C(=O)N[C@H](C(=O)NC(C)(C)C(=O)N[C@@H](CC(C)C)C(=O)NC(C)(C)C(=O)N1CCC[C@H]1C(=O)OC)C(C)C. The number of benzene rings is 1. The van der Waals surface area contributed by atoms with Gasteiger partial charge in [-0.15, -0.1) is 0 Å². The lowest BCUT2D eigenvalue weighted by atomic mass is 9.95. The number of hydrogen-bond donors (Lipinski definition) is 8. The van der Waals surface area contributed by atoms with E-state index >= 15 is 0 Å². The molecular weight excluding hydrogens is 1080 g/mol. The summed E-state index contributed by atoms with van der Waals surface area (Å²) >= 11 is 1.23. The summed E-state index contributed by atoms with van der Waals surface area (Å²) in [7, 11) is 1.26. The molecule has 0 unspecified atom stereocenters. The van der Waals surface area contributed by atoms with E-state index < -0.39 is 124 Å². The Bertz CT molecular complexity index is 2750. The predicted octanol–water partition coefficient (Wildman–Crippen LogP) is 6.00. The molecule has 0 aliphatic carbocycles. The lowest BCUT2D eigenvalue weighted by Crippen LogP contribution is -2.64. The van der Waals surface area contributed by atoms with Crippen LogP contribution in [0.25, 0.3) is 10.9 Å². The largest absolute Gasteiger partial charge is 0.467 e. The summed E-state index contributed by atoms with van der Waals surface area (Å²) in [6.45, 7) is 31.9. The van der Waals surface area contributed by atoms with Crippen LogP contribution in [0.1, 0.15) is 162 Å². The van der Waals surface area contributed by atoms with Crippen LogP contribution in [0.15, 0.2) is 40.4 Å². The molecule has 462 valence electrons. The number of nitrogens with one attached hydrogen (secondary N) is 8. The van der Waals surface area contributed by atoms with Gasteiger partial charge in [0, 0.05) is 30.1 Å². The molecule has 83 heavy (non-hydrogen) atoms. The Hall–Kier alpha value is -6.52. The summed E-state index contributed by atoms with van der Waals surface area (Å²) in [6.07, 6.45) is 3.44. The summed E-state index contributed by atoms with van der Waals surface area (Å²) in [5, 5.41) is 21.9. The lowest BCUT2D eigenvalue weighted by Gasteiger charge is -2.35. The number of rotatable bonds is 26. The zero-order valence-corrected chi connectivity index (χ0v) is 53.2. The zero-order valence-electron chi connectivity index (χ0n) is 52.4. The molecule has 1 saturated heterocycles. The molecule has 1 aromatic carbocycles. The number of ether oxygens (including phenoxy) is 2. The van der Waals surface area contributed by atoms with Crippen LogP contribution in [0.2, 0.25) is 0 Å². The molecule has 23 heteroatoms. The van der Waals surface area contributed by atoms with Gasteiger partial charge in [0.05, 0.1) is 18.2 Å². The van der Waals surface area contributed by atoms with Crippen molar-refractivity contribution in [1.29, 1.82) is 0 Å². The number of thioether (sulfide) groups is 1. The molecule has 1 aromatic heterocycles. The highest BCUT2D eigenvalue weighted by atomic mass is 32.2. The topological polar surface area (TPSA) is 300 Å². The van der Waals surface area contributed by atoms with Gasteiger partial charge in [0.15, 0.2) is 0 Å². The third-order valence-electron chi connectivity index (χ3n) is 15.0. The minimum absolute atomic E-state index is 0.0727. The van der Waals surface area contributed by atoms with Crippen molar-refractivity contribution in [2.45, 2.75) is 228 Å². The maximum absolute atomic E-state index is 14.5. The molecule has 0 bridgehead atoms. The summed E-state index contributed by atoms with van der Waals surface area (Å²) in [6, 6.07) is 0.865. The number of alkyl carbamates (subject to hydrolysis) is 1. The second-order valence-corrected chi connectivity index (χ2v) is 26.5. The Balaban J connectivity index is 1.48. The van der Waals surface area contributed by atoms with Crippen LogP contribution in [0.3, 0.4) is 0 Å². The Morgan fingerprint density at radius 3 is 1.96 bits per heavy atom. The van der Waals surface area contributed by atoms with Gasteiger partial charge in [-0.25, -0.2) is 9.59 Å². The molecule has 1 fully saturated rings. The number of likely N-dealkylation sites (tertiary alicyclic amines) is 1. The molecule has 4 rings (SSSR count). The van der Waals surface area contributed by atoms with Crippen LogP contribution >= 0.6 is 11.8 Å². The predicted molar refractivity (Wildman–Crippen MR) is 323 cm³/mol. The molecule has 0 saturated carbocycles. The van der Waals surface area contributed by atoms with Gasteiger partial charge in [-0.3, -0.25) is 43.5 Å². The molecule has 0 radical (unpaired) electrons. The molecule has 2 aromatic rings. The molecule has 9 atom stereocenters. The first-order valence-electron chi connectivity index (χ1n) is 29.1. The normalized spacial score (nSPS) is 18.9. The van der Waals surface area contributed by atoms with Gasteiger partial charge in [0.2, 0.25) is 41.4 Å². The van der Waals surface area contributed by atoms with Crippen molar-refractivity contribution in [3.8, 4) is 0 Å². The summed E-state index contributed by atoms with van der Waals surface area (Å²) in [4.78, 5) is 139. The van der Waals surface area contributed by atoms with Gasteiger partial charge in [0.1, 0.15) is 63.5 Å². The number of carbonyl (C=O) groups excluding carboxylic acids is 9. The Morgan fingerprint density at radius 2 is 1.37 bits per heavy atom. The maximum Gasteiger partial charge on any atom is 0.408 e. The van der Waals surface area contributed by atoms with Crippen molar-refractivity contribution >= 4 is 86.2 Å². The van der Waals surface area contributed by atoms with Crippen LogP contribution in [0.5, 0.6) is 0 Å². The quantitative estimate of drug-likeness (QED) is 0.0503. The van der Waals surface area contributed by atoms with Crippen LogP contribution < -0.4 is 37.2 Å². The van der Waals surface area contributed by atoms with Crippen molar-refractivity contribution in [3.05, 3.63) is 36.0 Å². The molecule has 0 spiro atoms. The highest BCUT2D eigenvalue weighted by Gasteiger charge is 2.45. The highest BCUT2D eigenvalue weighted by molar-refractivity contribution is 8.27. The minimum atomic E-state index is -1.60. The molecule has 8 amide bonds. The van der Waals surface area contributed by atoms with Crippen molar-refractivity contribution in [2.75, 3.05) is 13.7 Å². The van der Waals surface area contributed by atoms with Crippen LogP contribution in [0.4, 0.5) is 4.79 Å². The fourth-order valence-electron chi connectivity index (χ4n) is 9.69. The monoisotopic (exact) mass is 1180 g/mol. The number of aromatic nitrogens is 1. The molecule has 2 aliphatic heterocycles. The molecule has 22 nitrogen and oxygen atoms in total. The average Bonchev–Trinajstić information content (AvgIpc) is 4.38. The number of para-hydroxylation sites is 1. The van der Waals surface area contributed by atoms with Gasteiger partial charge in [-0.05, 0) is 124 Å².